The van der Waals surface area contributed by atoms with Gasteiger partial charge in [0.15, 0.2) is 11.5 Å². The summed E-state index contributed by atoms with van der Waals surface area (Å²) in [5.41, 5.74) is -0.170. The van der Waals surface area contributed by atoms with Gasteiger partial charge in [0, 0.05) is 32.0 Å². The SMILES string of the molecule is N#Cc1nccnc1N1CCC(CNC(=O)Nc2c(F)cccc2F)CC1. The Hall–Kier alpha value is -3.28. The summed E-state index contributed by atoms with van der Waals surface area (Å²) in [6.45, 7) is 1.76. The number of anilines is 2. The maximum absolute atomic E-state index is 13.5. The molecule has 1 saturated heterocycles. The molecule has 2 heterocycles. The van der Waals surface area contributed by atoms with Crippen LogP contribution in [0, 0.1) is 28.9 Å². The lowest BCUT2D eigenvalue weighted by atomic mass is 9.97. The van der Waals surface area contributed by atoms with E-state index in [0.29, 0.717) is 31.1 Å². The summed E-state index contributed by atoms with van der Waals surface area (Å²) in [4.78, 5) is 22.1. The molecule has 2 N–H and O–H groups in total. The van der Waals surface area contributed by atoms with E-state index >= 15 is 0 Å². The molecule has 2 amide bonds. The summed E-state index contributed by atoms with van der Waals surface area (Å²) >= 11 is 0. The highest BCUT2D eigenvalue weighted by molar-refractivity contribution is 5.89. The van der Waals surface area contributed by atoms with Crippen LogP contribution < -0.4 is 15.5 Å². The van der Waals surface area contributed by atoms with Crippen LogP contribution in [0.1, 0.15) is 18.5 Å². The first-order chi connectivity index (χ1) is 13.1. The molecule has 0 aliphatic carbocycles. The molecule has 1 aliphatic heterocycles. The maximum atomic E-state index is 13.5. The van der Waals surface area contributed by atoms with Crippen molar-refractivity contribution in [3.8, 4) is 6.07 Å². The van der Waals surface area contributed by atoms with Gasteiger partial charge in [0.1, 0.15) is 23.4 Å². The van der Waals surface area contributed by atoms with Gasteiger partial charge in [-0.2, -0.15) is 5.26 Å². The lowest BCUT2D eigenvalue weighted by molar-refractivity contribution is 0.248. The van der Waals surface area contributed by atoms with Crippen LogP contribution in [0.4, 0.5) is 25.1 Å². The number of halogens is 2. The van der Waals surface area contributed by atoms with E-state index in [-0.39, 0.29) is 5.92 Å². The van der Waals surface area contributed by atoms with E-state index in [1.807, 2.05) is 11.0 Å². The molecule has 0 atom stereocenters. The third kappa shape index (κ3) is 4.47. The van der Waals surface area contributed by atoms with Crippen molar-refractivity contribution >= 4 is 17.5 Å². The lowest BCUT2D eigenvalue weighted by Crippen LogP contribution is -2.40. The van der Waals surface area contributed by atoms with E-state index in [1.165, 1.54) is 12.3 Å². The average molecular weight is 372 g/mol. The number of aromatic nitrogens is 2. The molecular weight excluding hydrogens is 354 g/mol. The number of urea groups is 1. The molecule has 27 heavy (non-hydrogen) atoms. The molecule has 9 heteroatoms. The van der Waals surface area contributed by atoms with Crippen molar-refractivity contribution in [2.24, 2.45) is 5.92 Å². The van der Waals surface area contributed by atoms with Crippen LogP contribution in [0.3, 0.4) is 0 Å². The van der Waals surface area contributed by atoms with Gasteiger partial charge in [-0.25, -0.2) is 23.5 Å². The normalized spacial score (nSPS) is 14.5. The topological polar surface area (TPSA) is 93.9 Å². The molecule has 2 aromatic rings. The van der Waals surface area contributed by atoms with E-state index in [4.69, 9.17) is 5.26 Å². The number of hydrogen-bond donors (Lipinski definition) is 2. The van der Waals surface area contributed by atoms with Crippen LogP contribution in [0.2, 0.25) is 0 Å². The number of piperidine rings is 1. The zero-order valence-electron chi connectivity index (χ0n) is 14.5. The van der Waals surface area contributed by atoms with Crippen LogP contribution in [0.5, 0.6) is 0 Å². The van der Waals surface area contributed by atoms with Crippen LogP contribution >= 0.6 is 0 Å². The number of nitrogens with one attached hydrogen (secondary N) is 2. The molecule has 1 fully saturated rings. The summed E-state index contributed by atoms with van der Waals surface area (Å²) in [5, 5.41) is 14.0. The van der Waals surface area contributed by atoms with Gasteiger partial charge in [-0.1, -0.05) is 6.07 Å². The van der Waals surface area contributed by atoms with Gasteiger partial charge in [0.05, 0.1) is 0 Å². The van der Waals surface area contributed by atoms with Gasteiger partial charge in [0.25, 0.3) is 0 Å². The number of rotatable bonds is 4. The lowest BCUT2D eigenvalue weighted by Gasteiger charge is -2.32. The van der Waals surface area contributed by atoms with Crippen LogP contribution in [0.25, 0.3) is 0 Å². The first-order valence-electron chi connectivity index (χ1n) is 8.53. The molecule has 1 aliphatic rings. The fraction of sp³-hybridized carbons (Fsp3) is 0.333. The largest absolute Gasteiger partial charge is 0.354 e. The number of hydrogen-bond acceptors (Lipinski definition) is 5. The standard InChI is InChI=1S/C18H18F2N6O/c19-13-2-1-3-14(20)16(13)25-18(27)24-11-12-4-8-26(9-5-12)17-15(10-21)22-6-7-23-17/h1-3,6-7,12H,4-5,8-9,11H2,(H2,24,25,27). The third-order valence-electron chi connectivity index (χ3n) is 4.45. The minimum atomic E-state index is -0.823. The molecule has 0 spiro atoms. The highest BCUT2D eigenvalue weighted by atomic mass is 19.1. The summed E-state index contributed by atoms with van der Waals surface area (Å²) in [6.07, 6.45) is 4.61. The Labute approximate surface area is 155 Å². The Morgan fingerprint density at radius 1 is 1.22 bits per heavy atom. The predicted molar refractivity (Wildman–Crippen MR) is 95.1 cm³/mol. The zero-order valence-corrected chi connectivity index (χ0v) is 14.5. The van der Waals surface area contributed by atoms with Gasteiger partial charge in [-0.15, -0.1) is 0 Å². The van der Waals surface area contributed by atoms with Crippen LogP contribution in [0.15, 0.2) is 30.6 Å². The maximum Gasteiger partial charge on any atom is 0.319 e. The van der Waals surface area contributed by atoms with E-state index in [1.54, 1.807) is 6.20 Å². The van der Waals surface area contributed by atoms with Crippen molar-refractivity contribution in [2.45, 2.75) is 12.8 Å². The molecule has 0 unspecified atom stereocenters. The monoisotopic (exact) mass is 372 g/mol. The second-order valence-electron chi connectivity index (χ2n) is 6.20. The van der Waals surface area contributed by atoms with Gasteiger partial charge in [-0.3, -0.25) is 0 Å². The number of carbonyl (C=O) groups is 1. The minimum Gasteiger partial charge on any atom is -0.354 e. The fourth-order valence-corrected chi connectivity index (χ4v) is 3.00. The predicted octanol–water partition coefficient (Wildman–Crippen LogP) is 2.66. The molecule has 0 bridgehead atoms. The van der Waals surface area contributed by atoms with Crippen molar-refractivity contribution in [3.05, 3.63) is 47.9 Å². The molecule has 140 valence electrons. The van der Waals surface area contributed by atoms with Crippen molar-refractivity contribution in [2.75, 3.05) is 29.9 Å². The van der Waals surface area contributed by atoms with E-state index in [0.717, 1.165) is 25.0 Å². The Bertz CT molecular complexity index is 841. The quantitative estimate of drug-likeness (QED) is 0.861. The second kappa shape index (κ2) is 8.40. The summed E-state index contributed by atoms with van der Waals surface area (Å²) in [5.74, 6) is -0.856. The number of amides is 2. The van der Waals surface area contributed by atoms with E-state index in [2.05, 4.69) is 20.6 Å². The molecule has 0 radical (unpaired) electrons. The molecular formula is C18H18F2N6O. The first kappa shape index (κ1) is 18.5. The molecule has 1 aromatic heterocycles. The van der Waals surface area contributed by atoms with Crippen LogP contribution in [-0.2, 0) is 0 Å². The number of para-hydroxylation sites is 1. The third-order valence-corrected chi connectivity index (χ3v) is 4.45. The number of carbonyl (C=O) groups excluding carboxylic acids is 1. The molecule has 3 rings (SSSR count). The van der Waals surface area contributed by atoms with Crippen molar-refractivity contribution in [1.29, 1.82) is 5.26 Å². The Morgan fingerprint density at radius 3 is 2.56 bits per heavy atom. The number of benzene rings is 1. The van der Waals surface area contributed by atoms with E-state index in [9.17, 15) is 13.6 Å². The summed E-state index contributed by atoms with van der Waals surface area (Å²) in [7, 11) is 0. The van der Waals surface area contributed by atoms with Crippen molar-refractivity contribution < 1.29 is 13.6 Å². The summed E-state index contributed by atoms with van der Waals surface area (Å²) < 4.78 is 27.1. The van der Waals surface area contributed by atoms with Gasteiger partial charge in [-0.05, 0) is 30.9 Å². The van der Waals surface area contributed by atoms with Gasteiger partial charge >= 0.3 is 6.03 Å². The summed E-state index contributed by atoms with van der Waals surface area (Å²) in [6, 6.07) is 4.78. The van der Waals surface area contributed by atoms with Gasteiger partial charge < -0.3 is 15.5 Å². The molecule has 7 nitrogen and oxygen atoms in total. The van der Waals surface area contributed by atoms with E-state index < -0.39 is 23.4 Å². The van der Waals surface area contributed by atoms with Gasteiger partial charge in [0.2, 0.25) is 0 Å². The first-order valence-corrected chi connectivity index (χ1v) is 8.53. The number of nitriles is 1. The van der Waals surface area contributed by atoms with Crippen LogP contribution in [-0.4, -0.2) is 35.6 Å². The second-order valence-corrected chi connectivity index (χ2v) is 6.20. The Morgan fingerprint density at radius 2 is 1.89 bits per heavy atom. The zero-order chi connectivity index (χ0) is 19.2. The fourth-order valence-electron chi connectivity index (χ4n) is 3.00. The molecule has 1 aromatic carbocycles. The smallest absolute Gasteiger partial charge is 0.319 e. The Kier molecular flexibility index (Phi) is 5.76. The molecule has 0 saturated carbocycles. The Balaban J connectivity index is 1.48. The van der Waals surface area contributed by atoms with Crippen molar-refractivity contribution in [3.63, 3.8) is 0 Å². The number of nitrogens with zero attached hydrogens (tertiary/aromatic N) is 4. The van der Waals surface area contributed by atoms with Crippen molar-refractivity contribution in [1.82, 2.24) is 15.3 Å². The highest BCUT2D eigenvalue weighted by Gasteiger charge is 2.23. The average Bonchev–Trinajstić information content (AvgIpc) is 2.69. The minimum absolute atomic E-state index is 0.222. The highest BCUT2D eigenvalue weighted by Crippen LogP contribution is 2.23.